The Morgan fingerprint density at radius 2 is 0.857 bits per heavy atom. The van der Waals surface area contributed by atoms with E-state index in [2.05, 4.69) is 124 Å². The zero-order chi connectivity index (χ0) is 29.7. The van der Waals surface area contributed by atoms with Gasteiger partial charge in [0.25, 0.3) is 0 Å². The molecule has 0 N–H and O–H groups in total. The van der Waals surface area contributed by atoms with Gasteiger partial charge in [0.2, 0.25) is 0 Å². The van der Waals surface area contributed by atoms with Gasteiger partial charge in [-0.25, -0.2) is 0 Å². The lowest BCUT2D eigenvalue weighted by Crippen LogP contribution is -2.31. The minimum absolute atomic E-state index is 0.0689. The standard InChI is InChI=1S/C38H52N2O2/c1-7-9-23-39(24-10-8-2)33-19-15-31(16-20-33)37(3,4)29-11-13-30(14-12-29)38(5,6)32-17-21-34(22-18-32)40(25-35-27-41-35)26-36-28-42-36/h11-22,35-36H,7-10,23-28H2,1-6H3. The molecule has 4 nitrogen and oxygen atoms in total. The van der Waals surface area contributed by atoms with Crippen LogP contribution in [0.1, 0.15) is 89.5 Å². The van der Waals surface area contributed by atoms with Crippen LogP contribution < -0.4 is 9.80 Å². The fourth-order valence-corrected chi connectivity index (χ4v) is 6.01. The molecule has 226 valence electrons. The van der Waals surface area contributed by atoms with Crippen molar-refractivity contribution >= 4 is 11.4 Å². The molecule has 0 bridgehead atoms. The fraction of sp³-hybridized carbons (Fsp3) is 0.526. The van der Waals surface area contributed by atoms with Crippen LogP contribution in [0.3, 0.4) is 0 Å². The minimum Gasteiger partial charge on any atom is -0.372 e. The van der Waals surface area contributed by atoms with Crippen LogP contribution in [0, 0.1) is 0 Å². The fourth-order valence-electron chi connectivity index (χ4n) is 6.01. The lowest BCUT2D eigenvalue weighted by atomic mass is 9.74. The van der Waals surface area contributed by atoms with Crippen molar-refractivity contribution in [1.29, 1.82) is 0 Å². The highest BCUT2D eigenvalue weighted by atomic mass is 16.6. The van der Waals surface area contributed by atoms with Crippen molar-refractivity contribution in [3.63, 3.8) is 0 Å². The van der Waals surface area contributed by atoms with E-state index in [9.17, 15) is 0 Å². The highest BCUT2D eigenvalue weighted by Crippen LogP contribution is 2.37. The summed E-state index contributed by atoms with van der Waals surface area (Å²) in [6.45, 7) is 19.8. The SMILES string of the molecule is CCCCN(CCCC)c1ccc(C(C)(C)c2ccc(C(C)(C)c3ccc(N(CC4CO4)CC4CO4)cc3)cc2)cc1. The quantitative estimate of drug-likeness (QED) is 0.163. The first-order valence-electron chi connectivity index (χ1n) is 16.3. The summed E-state index contributed by atoms with van der Waals surface area (Å²) in [5.74, 6) is 0. The van der Waals surface area contributed by atoms with Gasteiger partial charge in [-0.15, -0.1) is 0 Å². The molecule has 2 atom stereocenters. The molecule has 5 rings (SSSR count). The van der Waals surface area contributed by atoms with E-state index in [-0.39, 0.29) is 10.8 Å². The lowest BCUT2D eigenvalue weighted by Gasteiger charge is -2.31. The Kier molecular flexibility index (Phi) is 9.64. The number of ether oxygens (including phenoxy) is 2. The monoisotopic (exact) mass is 568 g/mol. The van der Waals surface area contributed by atoms with Crippen LogP contribution in [0.25, 0.3) is 0 Å². The molecule has 3 aromatic rings. The van der Waals surface area contributed by atoms with E-state index in [1.165, 1.54) is 59.3 Å². The van der Waals surface area contributed by atoms with Gasteiger partial charge in [0.1, 0.15) is 0 Å². The van der Waals surface area contributed by atoms with Gasteiger partial charge in [-0.2, -0.15) is 0 Å². The molecule has 0 aliphatic carbocycles. The Bertz CT molecular complexity index is 1230. The van der Waals surface area contributed by atoms with Crippen LogP contribution >= 0.6 is 0 Å². The second-order valence-electron chi connectivity index (χ2n) is 13.4. The molecular weight excluding hydrogens is 516 g/mol. The molecule has 2 fully saturated rings. The summed E-state index contributed by atoms with van der Waals surface area (Å²) in [5, 5.41) is 0. The van der Waals surface area contributed by atoms with Gasteiger partial charge < -0.3 is 19.3 Å². The predicted octanol–water partition coefficient (Wildman–Crippen LogP) is 8.35. The van der Waals surface area contributed by atoms with Gasteiger partial charge in [0.15, 0.2) is 0 Å². The van der Waals surface area contributed by atoms with Gasteiger partial charge in [-0.3, -0.25) is 0 Å². The summed E-state index contributed by atoms with van der Waals surface area (Å²) in [6.07, 6.45) is 5.69. The number of unbranched alkanes of at least 4 members (excludes halogenated alkanes) is 2. The summed E-state index contributed by atoms with van der Waals surface area (Å²) in [4.78, 5) is 4.98. The Morgan fingerprint density at radius 3 is 1.17 bits per heavy atom. The van der Waals surface area contributed by atoms with E-state index >= 15 is 0 Å². The first-order chi connectivity index (χ1) is 20.2. The Morgan fingerprint density at radius 1 is 0.548 bits per heavy atom. The molecule has 2 aliphatic rings. The molecule has 0 aromatic heterocycles. The second-order valence-corrected chi connectivity index (χ2v) is 13.4. The lowest BCUT2D eigenvalue weighted by molar-refractivity contribution is 0.389. The maximum absolute atomic E-state index is 5.52. The van der Waals surface area contributed by atoms with Crippen molar-refractivity contribution in [1.82, 2.24) is 0 Å². The van der Waals surface area contributed by atoms with Gasteiger partial charge >= 0.3 is 0 Å². The van der Waals surface area contributed by atoms with Crippen molar-refractivity contribution in [2.75, 3.05) is 49.2 Å². The third-order valence-electron chi connectivity index (χ3n) is 9.45. The highest BCUT2D eigenvalue weighted by molar-refractivity contribution is 5.53. The van der Waals surface area contributed by atoms with E-state index in [0.717, 1.165) is 39.4 Å². The Balaban J connectivity index is 1.28. The molecule has 4 heteroatoms. The molecular formula is C38H52N2O2. The maximum Gasteiger partial charge on any atom is 0.0984 e. The third kappa shape index (κ3) is 7.38. The number of epoxide rings is 2. The van der Waals surface area contributed by atoms with E-state index in [1.54, 1.807) is 0 Å². The van der Waals surface area contributed by atoms with Crippen molar-refractivity contribution in [2.45, 2.75) is 90.3 Å². The Labute approximate surface area is 255 Å². The molecule has 2 saturated heterocycles. The summed E-state index contributed by atoms with van der Waals surface area (Å²) in [7, 11) is 0. The van der Waals surface area contributed by atoms with Crippen molar-refractivity contribution in [3.05, 3.63) is 95.1 Å². The van der Waals surface area contributed by atoms with Gasteiger partial charge in [-0.05, 0) is 59.4 Å². The summed E-state index contributed by atoms with van der Waals surface area (Å²) >= 11 is 0. The average molecular weight is 569 g/mol. The largest absolute Gasteiger partial charge is 0.372 e. The topological polar surface area (TPSA) is 31.5 Å². The molecule has 3 aromatic carbocycles. The molecule has 0 radical (unpaired) electrons. The molecule has 0 amide bonds. The van der Waals surface area contributed by atoms with E-state index in [4.69, 9.17) is 9.47 Å². The van der Waals surface area contributed by atoms with Crippen LogP contribution in [0.5, 0.6) is 0 Å². The average Bonchev–Trinajstić information content (AvgIpc) is 3.95. The van der Waals surface area contributed by atoms with Crippen molar-refractivity contribution < 1.29 is 9.47 Å². The number of hydrogen-bond donors (Lipinski definition) is 0. The van der Waals surface area contributed by atoms with E-state index < -0.39 is 0 Å². The van der Waals surface area contributed by atoms with Gasteiger partial charge in [0.05, 0.1) is 25.4 Å². The van der Waals surface area contributed by atoms with Crippen molar-refractivity contribution in [3.8, 4) is 0 Å². The summed E-state index contributed by atoms with van der Waals surface area (Å²) in [5.41, 5.74) is 7.81. The first-order valence-corrected chi connectivity index (χ1v) is 16.3. The molecule has 2 aliphatic heterocycles. The smallest absolute Gasteiger partial charge is 0.0984 e. The van der Waals surface area contributed by atoms with Gasteiger partial charge in [0, 0.05) is 48.4 Å². The number of nitrogens with zero attached hydrogens (tertiary/aromatic N) is 2. The highest BCUT2D eigenvalue weighted by Gasteiger charge is 2.31. The number of anilines is 2. The van der Waals surface area contributed by atoms with Crippen LogP contribution in [-0.2, 0) is 20.3 Å². The third-order valence-corrected chi connectivity index (χ3v) is 9.45. The minimum atomic E-state index is -0.0900. The summed E-state index contributed by atoms with van der Waals surface area (Å²) in [6, 6.07) is 27.8. The van der Waals surface area contributed by atoms with Crippen LogP contribution in [0.15, 0.2) is 72.8 Å². The van der Waals surface area contributed by atoms with Crippen LogP contribution in [0.2, 0.25) is 0 Å². The zero-order valence-corrected chi connectivity index (χ0v) is 26.9. The number of benzene rings is 3. The molecule has 2 unspecified atom stereocenters. The molecule has 2 heterocycles. The van der Waals surface area contributed by atoms with E-state index in [1.807, 2.05) is 0 Å². The second kappa shape index (κ2) is 13.2. The summed E-state index contributed by atoms with van der Waals surface area (Å²) < 4.78 is 11.0. The predicted molar refractivity (Wildman–Crippen MR) is 177 cm³/mol. The van der Waals surface area contributed by atoms with Crippen LogP contribution in [0.4, 0.5) is 11.4 Å². The Hall–Kier alpha value is -2.82. The number of rotatable bonds is 16. The molecule has 0 spiro atoms. The zero-order valence-electron chi connectivity index (χ0n) is 26.9. The van der Waals surface area contributed by atoms with Crippen LogP contribution in [-0.4, -0.2) is 51.6 Å². The molecule has 42 heavy (non-hydrogen) atoms. The van der Waals surface area contributed by atoms with Gasteiger partial charge in [-0.1, -0.05) is 103 Å². The van der Waals surface area contributed by atoms with Crippen molar-refractivity contribution in [2.24, 2.45) is 0 Å². The maximum atomic E-state index is 5.52. The number of hydrogen-bond acceptors (Lipinski definition) is 4. The molecule has 0 saturated carbocycles. The first kappa shape index (κ1) is 30.6. The normalized spacial score (nSPS) is 18.1. The van der Waals surface area contributed by atoms with E-state index in [0.29, 0.717) is 12.2 Å².